The highest BCUT2D eigenvalue weighted by molar-refractivity contribution is 7.27. The van der Waals surface area contributed by atoms with E-state index in [0.717, 1.165) is 25.7 Å². The van der Waals surface area contributed by atoms with Crippen molar-refractivity contribution in [3.05, 3.63) is 48.0 Å². The molecule has 1 aromatic carbocycles. The third-order valence-electron chi connectivity index (χ3n) is 7.02. The first-order chi connectivity index (χ1) is 14.3. The fourth-order valence-corrected chi connectivity index (χ4v) is 5.31. The quantitative estimate of drug-likeness (QED) is 0.711. The summed E-state index contributed by atoms with van der Waals surface area (Å²) in [5.74, 6) is 0.109. The Morgan fingerprint density at radius 3 is 2.40 bits per heavy atom. The van der Waals surface area contributed by atoms with E-state index < -0.39 is 0 Å². The van der Waals surface area contributed by atoms with Gasteiger partial charge in [-0.05, 0) is 56.7 Å². The molecular formula is C22H27N6OP. The number of hydrogen-bond acceptors (Lipinski definition) is 5. The number of nitrogens with zero attached hydrogens (tertiary/aromatic N) is 6. The predicted octanol–water partition coefficient (Wildman–Crippen LogP) is 2.49. The number of urea groups is 1. The minimum absolute atomic E-state index is 0.0346. The van der Waals surface area contributed by atoms with E-state index >= 15 is 0 Å². The molecule has 0 N–H and O–H groups in total. The lowest BCUT2D eigenvalue weighted by Crippen LogP contribution is -2.54. The standard InChI is InChI=1S/C22H27N6OP/c1-26(2)22(16-5-4-6-18(30)11-16)9-7-21(8-10-22)15-28(20(29)27(21)3)17-13-24-19(12-23)25-14-17/h4-6,11,13-14H,7-10,15,30H2,1-3H3/t21-,22+. The van der Waals surface area contributed by atoms with Crippen LogP contribution in [0, 0.1) is 11.3 Å². The number of nitriles is 1. The van der Waals surface area contributed by atoms with E-state index in [9.17, 15) is 4.79 Å². The zero-order chi connectivity index (χ0) is 21.5. The van der Waals surface area contributed by atoms with Gasteiger partial charge in [-0.3, -0.25) is 9.80 Å². The Labute approximate surface area is 179 Å². The van der Waals surface area contributed by atoms with E-state index in [1.807, 2.05) is 18.0 Å². The highest BCUT2D eigenvalue weighted by Crippen LogP contribution is 2.48. The van der Waals surface area contributed by atoms with Crippen LogP contribution in [0.25, 0.3) is 0 Å². The van der Waals surface area contributed by atoms with Crippen molar-refractivity contribution >= 4 is 26.3 Å². The number of aromatic nitrogens is 2. The van der Waals surface area contributed by atoms with Crippen LogP contribution in [0.3, 0.4) is 0 Å². The zero-order valence-electron chi connectivity index (χ0n) is 17.7. The second-order valence-corrected chi connectivity index (χ2v) is 9.25. The third-order valence-corrected chi connectivity index (χ3v) is 7.38. The van der Waals surface area contributed by atoms with E-state index in [4.69, 9.17) is 5.26 Å². The maximum absolute atomic E-state index is 13.1. The van der Waals surface area contributed by atoms with E-state index in [1.54, 1.807) is 17.3 Å². The summed E-state index contributed by atoms with van der Waals surface area (Å²) in [6.07, 6.45) is 6.92. The summed E-state index contributed by atoms with van der Waals surface area (Å²) in [7, 11) is 9.00. The molecule has 4 rings (SSSR count). The molecule has 2 fully saturated rings. The minimum Gasteiger partial charge on any atom is -0.320 e. The largest absolute Gasteiger partial charge is 0.324 e. The highest BCUT2D eigenvalue weighted by atomic mass is 31.0. The van der Waals surface area contributed by atoms with Gasteiger partial charge in [0.2, 0.25) is 5.82 Å². The summed E-state index contributed by atoms with van der Waals surface area (Å²) < 4.78 is 0. The fraction of sp³-hybridized carbons (Fsp3) is 0.455. The van der Waals surface area contributed by atoms with Crippen LogP contribution in [-0.2, 0) is 5.54 Å². The summed E-state index contributed by atoms with van der Waals surface area (Å²) in [5.41, 5.74) is 1.73. The second-order valence-electron chi connectivity index (χ2n) is 8.58. The molecule has 156 valence electrons. The van der Waals surface area contributed by atoms with Crippen molar-refractivity contribution in [1.82, 2.24) is 19.8 Å². The summed E-state index contributed by atoms with van der Waals surface area (Å²) in [4.78, 5) is 27.1. The van der Waals surface area contributed by atoms with Crippen molar-refractivity contribution in [2.45, 2.75) is 36.8 Å². The van der Waals surface area contributed by atoms with Crippen molar-refractivity contribution < 1.29 is 4.79 Å². The van der Waals surface area contributed by atoms with Crippen LogP contribution in [0.15, 0.2) is 36.7 Å². The predicted molar refractivity (Wildman–Crippen MR) is 120 cm³/mol. The Balaban J connectivity index is 1.59. The first-order valence-corrected chi connectivity index (χ1v) is 10.7. The molecular weight excluding hydrogens is 395 g/mol. The lowest BCUT2D eigenvalue weighted by molar-refractivity contribution is 0.0341. The molecule has 1 saturated carbocycles. The molecule has 0 bridgehead atoms. The Bertz CT molecular complexity index is 991. The number of carbonyl (C=O) groups excluding carboxylic acids is 1. The van der Waals surface area contributed by atoms with E-state index in [0.29, 0.717) is 12.2 Å². The number of amides is 2. The van der Waals surface area contributed by atoms with Gasteiger partial charge >= 0.3 is 6.03 Å². The molecule has 0 radical (unpaired) electrons. The monoisotopic (exact) mass is 422 g/mol. The smallest absolute Gasteiger partial charge is 0.320 e. The van der Waals surface area contributed by atoms with Crippen molar-refractivity contribution in [2.75, 3.05) is 32.6 Å². The Morgan fingerprint density at radius 2 is 1.83 bits per heavy atom. The molecule has 7 nitrogen and oxygen atoms in total. The molecule has 8 heteroatoms. The van der Waals surface area contributed by atoms with Crippen molar-refractivity contribution in [3.63, 3.8) is 0 Å². The van der Waals surface area contributed by atoms with Crippen LogP contribution in [0.5, 0.6) is 0 Å². The fourth-order valence-electron chi connectivity index (χ4n) is 5.02. The van der Waals surface area contributed by atoms with Gasteiger partial charge in [0.25, 0.3) is 0 Å². The average molecular weight is 422 g/mol. The Morgan fingerprint density at radius 1 is 1.17 bits per heavy atom. The van der Waals surface area contributed by atoms with Crippen molar-refractivity contribution in [3.8, 4) is 6.07 Å². The molecule has 2 aromatic rings. The molecule has 1 aromatic heterocycles. The minimum atomic E-state index is -0.205. The van der Waals surface area contributed by atoms with Crippen LogP contribution >= 0.6 is 9.24 Å². The molecule has 1 unspecified atom stereocenters. The van der Waals surface area contributed by atoms with Gasteiger partial charge < -0.3 is 4.90 Å². The van der Waals surface area contributed by atoms with E-state index in [2.05, 4.69) is 62.5 Å². The topological polar surface area (TPSA) is 76.4 Å². The molecule has 1 spiro atoms. The number of benzene rings is 1. The third kappa shape index (κ3) is 3.25. The summed E-state index contributed by atoms with van der Waals surface area (Å²) in [6, 6.07) is 10.6. The first kappa shape index (κ1) is 20.7. The second kappa shape index (κ2) is 7.61. The SMILES string of the molecule is CN1C(=O)N(c2cnc(C#N)nc2)C[C@]12CC[C@](c1cccc(P)c1)(N(C)C)CC2. The van der Waals surface area contributed by atoms with Gasteiger partial charge in [-0.25, -0.2) is 14.8 Å². The lowest BCUT2D eigenvalue weighted by Gasteiger charge is -2.50. The van der Waals surface area contributed by atoms with Gasteiger partial charge in [-0.1, -0.05) is 18.2 Å². The van der Waals surface area contributed by atoms with Gasteiger partial charge in [0.1, 0.15) is 6.07 Å². The highest BCUT2D eigenvalue weighted by Gasteiger charge is 2.53. The first-order valence-electron chi connectivity index (χ1n) is 10.1. The summed E-state index contributed by atoms with van der Waals surface area (Å²) >= 11 is 0. The molecule has 1 aliphatic heterocycles. The zero-order valence-corrected chi connectivity index (χ0v) is 18.8. The number of hydrogen-bond donors (Lipinski definition) is 0. The molecule has 1 atom stereocenters. The molecule has 30 heavy (non-hydrogen) atoms. The maximum Gasteiger partial charge on any atom is 0.324 e. The number of anilines is 1. The Kier molecular flexibility index (Phi) is 5.25. The summed E-state index contributed by atoms with van der Waals surface area (Å²) in [5, 5.41) is 10.1. The normalized spacial score (nSPS) is 26.5. The van der Waals surface area contributed by atoms with Crippen LogP contribution in [0.1, 0.15) is 37.1 Å². The molecule has 2 aliphatic rings. The maximum atomic E-state index is 13.1. The van der Waals surface area contributed by atoms with Crippen molar-refractivity contribution in [1.29, 1.82) is 5.26 Å². The van der Waals surface area contributed by atoms with Crippen molar-refractivity contribution in [2.24, 2.45) is 0 Å². The van der Waals surface area contributed by atoms with Gasteiger partial charge in [-0.15, -0.1) is 9.24 Å². The number of rotatable bonds is 3. The van der Waals surface area contributed by atoms with E-state index in [1.165, 1.54) is 10.9 Å². The van der Waals surface area contributed by atoms with Crippen LogP contribution in [-0.4, -0.2) is 59.0 Å². The molecule has 1 aliphatic carbocycles. The van der Waals surface area contributed by atoms with Gasteiger partial charge in [-0.2, -0.15) is 5.26 Å². The molecule has 1 saturated heterocycles. The number of likely N-dealkylation sites (N-methyl/N-ethyl adjacent to an activating group) is 1. The van der Waals surface area contributed by atoms with Crippen LogP contribution < -0.4 is 10.2 Å². The molecule has 2 amide bonds. The molecule has 2 heterocycles. The van der Waals surface area contributed by atoms with Gasteiger partial charge in [0.15, 0.2) is 0 Å². The lowest BCUT2D eigenvalue weighted by atomic mass is 9.68. The average Bonchev–Trinajstić information content (AvgIpc) is 3.00. The van der Waals surface area contributed by atoms with E-state index in [-0.39, 0.29) is 22.9 Å². The number of carbonyl (C=O) groups is 1. The van der Waals surface area contributed by atoms with Gasteiger partial charge in [0, 0.05) is 12.6 Å². The van der Waals surface area contributed by atoms with Gasteiger partial charge in [0.05, 0.1) is 30.2 Å². The van der Waals surface area contributed by atoms with Crippen LogP contribution in [0.4, 0.5) is 10.5 Å². The summed E-state index contributed by atoms with van der Waals surface area (Å²) in [6.45, 7) is 0.616. The Hall–Kier alpha value is -2.55. The van der Waals surface area contributed by atoms with Crippen LogP contribution in [0.2, 0.25) is 0 Å².